The third kappa shape index (κ3) is 12.4. The van der Waals surface area contributed by atoms with E-state index in [1.54, 1.807) is 23.5 Å². The van der Waals surface area contributed by atoms with Gasteiger partial charge >= 0.3 is 0 Å². The van der Waals surface area contributed by atoms with Crippen LogP contribution in [0.2, 0.25) is 0 Å². The molecule has 0 N–H and O–H groups in total. The molecule has 2 heterocycles. The molecule has 43 heavy (non-hydrogen) atoms. The molecule has 4 rings (SSSR count). The summed E-state index contributed by atoms with van der Waals surface area (Å²) in [7, 11) is -1.18. The van der Waals surface area contributed by atoms with E-state index in [-0.39, 0.29) is 11.6 Å². The van der Waals surface area contributed by atoms with Crippen LogP contribution in [0.25, 0.3) is 0 Å². The van der Waals surface area contributed by atoms with Crippen LogP contribution in [-0.2, 0) is 24.5 Å². The van der Waals surface area contributed by atoms with Crippen molar-refractivity contribution in [3.63, 3.8) is 0 Å². The average Bonchev–Trinajstić information content (AvgIpc) is 2.95. The maximum Gasteiger partial charge on any atom is 0.240 e. The Balaban J connectivity index is 0.000000260. The van der Waals surface area contributed by atoms with E-state index in [2.05, 4.69) is 0 Å². The predicted octanol–water partition coefficient (Wildman–Crippen LogP) is 5.19. The SMILES string of the molecule is C[n+]1ccccc1SC(C)(C)C(=O)c1ccccc1.C[n+]1ccccc1SC(C)(C)C(=O)c1ccccc1.O=S(=O)([O-])[O-]. The van der Waals surface area contributed by atoms with E-state index >= 15 is 0 Å². The number of hydrogen-bond donors (Lipinski definition) is 0. The lowest BCUT2D eigenvalue weighted by Gasteiger charge is -2.20. The standard InChI is InChI=1S/2C16H18NOS.H2O4S/c2*1-16(2,15(18)13-9-5-4-6-10-13)19-14-11-7-8-12-17(14)3;1-5(2,3)4/h2*4-12H,1-3H3;(H2,1,2,3,4)/q2*+1;/p-2. The van der Waals surface area contributed by atoms with Gasteiger partial charge in [-0.2, -0.15) is 9.13 Å². The fourth-order valence-electron chi connectivity index (χ4n) is 3.72. The van der Waals surface area contributed by atoms with Crippen molar-refractivity contribution in [1.29, 1.82) is 0 Å². The van der Waals surface area contributed by atoms with Crippen LogP contribution >= 0.6 is 23.5 Å². The number of benzene rings is 2. The van der Waals surface area contributed by atoms with Gasteiger partial charge in [-0.1, -0.05) is 60.7 Å². The van der Waals surface area contributed by atoms with Crippen molar-refractivity contribution in [3.05, 3.63) is 121 Å². The van der Waals surface area contributed by atoms with Crippen molar-refractivity contribution in [2.24, 2.45) is 14.1 Å². The highest BCUT2D eigenvalue weighted by Gasteiger charge is 2.33. The lowest BCUT2D eigenvalue weighted by atomic mass is 10.0. The molecule has 0 radical (unpaired) electrons. The second kappa shape index (κ2) is 15.9. The van der Waals surface area contributed by atoms with Crippen LogP contribution in [0.5, 0.6) is 0 Å². The number of pyridine rings is 2. The first-order chi connectivity index (χ1) is 20.0. The molecule has 0 unspecified atom stereocenters. The van der Waals surface area contributed by atoms with E-state index in [4.69, 9.17) is 17.5 Å². The van der Waals surface area contributed by atoms with Gasteiger partial charge in [0.25, 0.3) is 0 Å². The van der Waals surface area contributed by atoms with Crippen LogP contribution in [0.15, 0.2) is 120 Å². The molecule has 2 aromatic carbocycles. The van der Waals surface area contributed by atoms with Crippen LogP contribution in [0.3, 0.4) is 0 Å². The van der Waals surface area contributed by atoms with Gasteiger partial charge in [0.2, 0.25) is 10.1 Å². The molecule has 0 bridgehead atoms. The third-order valence-corrected chi connectivity index (χ3v) is 8.56. The van der Waals surface area contributed by atoms with Crippen molar-refractivity contribution in [3.8, 4) is 0 Å². The minimum atomic E-state index is -5.17. The number of aromatic nitrogens is 2. The van der Waals surface area contributed by atoms with Gasteiger partial charge in [0.05, 0.1) is 9.49 Å². The van der Waals surface area contributed by atoms with Gasteiger partial charge < -0.3 is 9.11 Å². The van der Waals surface area contributed by atoms with Crippen LogP contribution in [0, 0.1) is 0 Å². The second-order valence-electron chi connectivity index (χ2n) is 10.3. The minimum Gasteiger partial charge on any atom is -0.759 e. The van der Waals surface area contributed by atoms with Crippen molar-refractivity contribution < 1.29 is 36.2 Å². The molecule has 0 saturated heterocycles. The van der Waals surface area contributed by atoms with Gasteiger partial charge in [-0.05, 0) is 63.4 Å². The maximum atomic E-state index is 12.6. The molecular weight excluding hydrogens is 605 g/mol. The molecule has 4 aromatic rings. The Hall–Kier alpha value is -3.35. The number of ketones is 2. The first-order valence-electron chi connectivity index (χ1n) is 13.1. The molecule has 0 amide bonds. The van der Waals surface area contributed by atoms with Gasteiger partial charge in [0.15, 0.2) is 24.0 Å². The molecule has 228 valence electrons. The van der Waals surface area contributed by atoms with Gasteiger partial charge in [-0.3, -0.25) is 18.0 Å². The molecule has 2 aromatic heterocycles. The number of rotatable bonds is 8. The minimum absolute atomic E-state index is 0.155. The number of carbonyl (C=O) groups is 2. The molecular formula is C32H36N2O6S3. The fourth-order valence-corrected chi connectivity index (χ4v) is 5.89. The first-order valence-corrected chi connectivity index (χ1v) is 16.1. The average molecular weight is 641 g/mol. The third-order valence-electron chi connectivity index (χ3n) is 5.90. The zero-order valence-corrected chi connectivity index (χ0v) is 27.4. The molecule has 0 fully saturated rings. The van der Waals surface area contributed by atoms with Crippen LogP contribution in [-0.4, -0.2) is 38.6 Å². The molecule has 8 nitrogen and oxygen atoms in total. The summed E-state index contributed by atoms with van der Waals surface area (Å²) in [5.41, 5.74) is 1.53. The normalized spacial score (nSPS) is 11.3. The maximum absolute atomic E-state index is 12.6. The molecule has 0 aliphatic heterocycles. The van der Waals surface area contributed by atoms with Gasteiger partial charge in [-0.25, -0.2) is 0 Å². The first kappa shape index (κ1) is 35.8. The number of thioether (sulfide) groups is 2. The van der Waals surface area contributed by atoms with Crippen LogP contribution in [0.1, 0.15) is 48.4 Å². The van der Waals surface area contributed by atoms with Gasteiger partial charge in [0.1, 0.15) is 14.1 Å². The van der Waals surface area contributed by atoms with Gasteiger partial charge in [0, 0.05) is 45.8 Å². The highest BCUT2D eigenvalue weighted by Crippen LogP contribution is 2.34. The highest BCUT2D eigenvalue weighted by atomic mass is 32.3. The molecule has 11 heteroatoms. The van der Waals surface area contributed by atoms with Crippen molar-refractivity contribution in [1.82, 2.24) is 0 Å². The summed E-state index contributed by atoms with van der Waals surface area (Å²) < 4.78 is 37.2. The molecule has 0 saturated carbocycles. The summed E-state index contributed by atoms with van der Waals surface area (Å²) in [5.74, 6) is 0.309. The Morgan fingerprint density at radius 1 is 0.581 bits per heavy atom. The Bertz CT molecular complexity index is 1500. The largest absolute Gasteiger partial charge is 0.759 e. The molecule has 0 aliphatic rings. The summed E-state index contributed by atoms with van der Waals surface area (Å²) in [6.45, 7) is 7.89. The zero-order valence-electron chi connectivity index (χ0n) is 25.0. The molecule has 0 atom stereocenters. The Kier molecular flexibility index (Phi) is 13.3. The van der Waals surface area contributed by atoms with E-state index in [9.17, 15) is 9.59 Å². The van der Waals surface area contributed by atoms with Crippen molar-refractivity contribution >= 4 is 45.5 Å². The fraction of sp³-hybridized carbons (Fsp3) is 0.250. The van der Waals surface area contributed by atoms with E-state index in [0.717, 1.165) is 21.2 Å². The molecule has 0 spiro atoms. The smallest absolute Gasteiger partial charge is 0.240 e. The number of nitrogens with zero attached hydrogens (tertiary/aromatic N) is 2. The topological polar surface area (TPSA) is 122 Å². The van der Waals surface area contributed by atoms with Crippen molar-refractivity contribution in [2.75, 3.05) is 0 Å². The number of aryl methyl sites for hydroxylation is 2. The summed E-state index contributed by atoms with van der Waals surface area (Å²) >= 11 is 3.18. The lowest BCUT2D eigenvalue weighted by Crippen LogP contribution is -2.35. The van der Waals surface area contributed by atoms with Crippen molar-refractivity contribution in [2.45, 2.75) is 47.2 Å². The van der Waals surface area contributed by atoms with Crippen LogP contribution in [0.4, 0.5) is 0 Å². The summed E-state index contributed by atoms with van der Waals surface area (Å²) in [4.78, 5) is 25.1. The predicted molar refractivity (Wildman–Crippen MR) is 167 cm³/mol. The van der Waals surface area contributed by atoms with E-state index in [1.807, 2.05) is 160 Å². The summed E-state index contributed by atoms with van der Waals surface area (Å²) in [6, 6.07) is 30.9. The summed E-state index contributed by atoms with van der Waals surface area (Å²) in [6.07, 6.45) is 3.98. The monoisotopic (exact) mass is 640 g/mol. The van der Waals surface area contributed by atoms with Gasteiger partial charge in [-0.15, -0.1) is 0 Å². The quantitative estimate of drug-likeness (QED) is 0.0848. The van der Waals surface area contributed by atoms with Crippen LogP contribution < -0.4 is 9.13 Å². The zero-order chi connectivity index (χ0) is 32.3. The lowest BCUT2D eigenvalue weighted by molar-refractivity contribution is -0.709. The number of carbonyl (C=O) groups excluding carboxylic acids is 2. The van der Waals surface area contributed by atoms with E-state index in [1.165, 1.54) is 0 Å². The van der Waals surface area contributed by atoms with E-state index < -0.39 is 19.9 Å². The Morgan fingerprint density at radius 2 is 0.860 bits per heavy atom. The highest BCUT2D eigenvalue weighted by molar-refractivity contribution is 8.01. The Morgan fingerprint density at radius 3 is 1.14 bits per heavy atom. The molecule has 0 aliphatic carbocycles. The Labute approximate surface area is 262 Å². The number of Topliss-reactive ketones (excluding diaryl/α,β-unsaturated/α-hetero) is 2. The van der Waals surface area contributed by atoms with E-state index in [0.29, 0.717) is 0 Å². The summed E-state index contributed by atoms with van der Waals surface area (Å²) in [5, 5.41) is 2.16. The second-order valence-corrected chi connectivity index (χ2v) is 14.4. The number of hydrogen-bond acceptors (Lipinski definition) is 8.